The monoisotopic (exact) mass is 283 g/mol. The van der Waals surface area contributed by atoms with Gasteiger partial charge in [-0.2, -0.15) is 0 Å². The lowest BCUT2D eigenvalue weighted by atomic mass is 10.3. The van der Waals surface area contributed by atoms with Crippen LogP contribution >= 0.6 is 11.8 Å². The number of aromatic carboxylic acids is 1. The lowest BCUT2D eigenvalue weighted by molar-refractivity contribution is -0.388. The van der Waals surface area contributed by atoms with Crippen molar-refractivity contribution in [2.45, 2.75) is 9.99 Å². The second-order valence-electron chi connectivity index (χ2n) is 3.37. The minimum Gasteiger partial charge on any atom is -0.475 e. The van der Waals surface area contributed by atoms with Crippen molar-refractivity contribution in [3.63, 3.8) is 0 Å². The zero-order valence-electron chi connectivity index (χ0n) is 9.20. The topological polar surface area (TPSA) is 93.6 Å². The van der Waals surface area contributed by atoms with Crippen LogP contribution in [0, 0.1) is 15.9 Å². The van der Waals surface area contributed by atoms with Gasteiger partial charge in [-0.15, -0.1) is 0 Å². The van der Waals surface area contributed by atoms with Crippen LogP contribution in [0.5, 0.6) is 0 Å². The van der Waals surface area contributed by atoms with E-state index >= 15 is 0 Å². The number of nitro benzene ring substituents is 1. The summed E-state index contributed by atoms with van der Waals surface area (Å²) < 4.78 is 18.5. The molecule has 0 amide bonds. The van der Waals surface area contributed by atoms with Gasteiger partial charge in [-0.05, 0) is 30.0 Å². The van der Waals surface area contributed by atoms with Crippen LogP contribution in [0.2, 0.25) is 0 Å². The number of rotatable bonds is 4. The van der Waals surface area contributed by atoms with E-state index in [1.165, 1.54) is 18.2 Å². The third-order valence-electron chi connectivity index (χ3n) is 2.14. The maximum Gasteiger partial charge on any atom is 0.371 e. The molecule has 0 saturated heterocycles. The fourth-order valence-corrected chi connectivity index (χ4v) is 2.21. The molecule has 0 aliphatic heterocycles. The van der Waals surface area contributed by atoms with Crippen LogP contribution < -0.4 is 0 Å². The third-order valence-corrected chi connectivity index (χ3v) is 3.17. The molecular formula is C11H6FNO5S. The second-order valence-corrected chi connectivity index (χ2v) is 4.39. The molecule has 1 aromatic carbocycles. The number of furan rings is 1. The molecular weight excluding hydrogens is 277 g/mol. The fraction of sp³-hybridized carbons (Fsp3) is 0. The van der Waals surface area contributed by atoms with Crippen LogP contribution in [0.3, 0.4) is 0 Å². The molecule has 0 spiro atoms. The summed E-state index contributed by atoms with van der Waals surface area (Å²) in [4.78, 5) is 20.5. The number of carbonyl (C=O) groups is 1. The molecule has 0 unspecified atom stereocenters. The number of nitrogens with zero attached hydrogens (tertiary/aromatic N) is 1. The van der Waals surface area contributed by atoms with Gasteiger partial charge in [-0.3, -0.25) is 10.1 Å². The van der Waals surface area contributed by atoms with Crippen molar-refractivity contribution in [3.8, 4) is 0 Å². The summed E-state index contributed by atoms with van der Waals surface area (Å²) in [7, 11) is 0. The molecule has 1 heterocycles. The summed E-state index contributed by atoms with van der Waals surface area (Å²) in [6.45, 7) is 0. The van der Waals surface area contributed by atoms with Crippen molar-refractivity contribution in [2.24, 2.45) is 0 Å². The van der Waals surface area contributed by atoms with Crippen molar-refractivity contribution in [1.29, 1.82) is 0 Å². The van der Waals surface area contributed by atoms with Crippen LogP contribution in [0.1, 0.15) is 10.6 Å². The van der Waals surface area contributed by atoms with E-state index < -0.39 is 22.4 Å². The van der Waals surface area contributed by atoms with Crippen LogP contribution in [-0.4, -0.2) is 16.0 Å². The Morgan fingerprint density at radius 2 is 2.11 bits per heavy atom. The van der Waals surface area contributed by atoms with E-state index in [1.807, 2.05) is 0 Å². The van der Waals surface area contributed by atoms with Crippen molar-refractivity contribution < 1.29 is 23.6 Å². The maximum atomic E-state index is 13.6. The van der Waals surface area contributed by atoms with Crippen LogP contribution in [-0.2, 0) is 0 Å². The highest BCUT2D eigenvalue weighted by atomic mass is 32.2. The van der Waals surface area contributed by atoms with Gasteiger partial charge < -0.3 is 9.52 Å². The van der Waals surface area contributed by atoms with E-state index in [2.05, 4.69) is 0 Å². The molecule has 0 fully saturated rings. The Bertz CT molecular complexity index is 654. The van der Waals surface area contributed by atoms with E-state index in [0.29, 0.717) is 11.8 Å². The van der Waals surface area contributed by atoms with Crippen LogP contribution in [0.25, 0.3) is 0 Å². The summed E-state index contributed by atoms with van der Waals surface area (Å²) in [6, 6.07) is 5.97. The molecule has 98 valence electrons. The number of hydrogen-bond acceptors (Lipinski definition) is 5. The summed E-state index contributed by atoms with van der Waals surface area (Å²) in [6.07, 6.45) is 0. The smallest absolute Gasteiger partial charge is 0.371 e. The van der Waals surface area contributed by atoms with Crippen molar-refractivity contribution >= 4 is 23.4 Å². The first-order chi connectivity index (χ1) is 8.99. The average molecular weight is 283 g/mol. The summed E-state index contributed by atoms with van der Waals surface area (Å²) in [5, 5.41) is 19.5. The first-order valence-electron chi connectivity index (χ1n) is 4.93. The van der Waals surface area contributed by atoms with Gasteiger partial charge in [0.15, 0.2) is 5.09 Å². The van der Waals surface area contributed by atoms with Crippen molar-refractivity contribution in [2.75, 3.05) is 0 Å². The highest BCUT2D eigenvalue weighted by Gasteiger charge is 2.21. The largest absolute Gasteiger partial charge is 0.475 e. The SMILES string of the molecule is O=C(O)c1ccc(Sc2c(F)cccc2[N+](=O)[O-])o1. The molecule has 0 atom stereocenters. The van der Waals surface area contributed by atoms with Gasteiger partial charge in [0.1, 0.15) is 10.7 Å². The highest BCUT2D eigenvalue weighted by Crippen LogP contribution is 2.37. The second kappa shape index (κ2) is 5.11. The molecule has 2 rings (SSSR count). The Labute approximate surface area is 110 Å². The number of carboxylic acids is 1. The van der Waals surface area contributed by atoms with Crippen LogP contribution in [0.15, 0.2) is 44.7 Å². The molecule has 2 aromatic rings. The molecule has 1 aromatic heterocycles. The Kier molecular flexibility index (Phi) is 3.52. The molecule has 0 aliphatic carbocycles. The Hall–Kier alpha value is -2.35. The zero-order chi connectivity index (χ0) is 14.0. The van der Waals surface area contributed by atoms with Gasteiger partial charge in [-0.25, -0.2) is 9.18 Å². The summed E-state index contributed by atoms with van der Waals surface area (Å²) >= 11 is 0.661. The minimum absolute atomic E-state index is 0.0607. The molecule has 0 bridgehead atoms. The Balaban J connectivity index is 2.37. The first kappa shape index (κ1) is 13.1. The fourth-order valence-electron chi connectivity index (χ4n) is 1.33. The van der Waals surface area contributed by atoms with Crippen LogP contribution in [0.4, 0.5) is 10.1 Å². The number of halogens is 1. The van der Waals surface area contributed by atoms with Crippen molar-refractivity contribution in [3.05, 3.63) is 52.0 Å². The van der Waals surface area contributed by atoms with Gasteiger partial charge in [0.2, 0.25) is 5.76 Å². The van der Waals surface area contributed by atoms with E-state index in [4.69, 9.17) is 9.52 Å². The molecule has 0 aliphatic rings. The summed E-state index contributed by atoms with van der Waals surface area (Å²) in [5.41, 5.74) is -0.404. The van der Waals surface area contributed by atoms with Gasteiger partial charge in [0.05, 0.1) is 4.92 Å². The molecule has 1 N–H and O–H groups in total. The molecule has 19 heavy (non-hydrogen) atoms. The standard InChI is InChI=1S/C11H6FNO5S/c12-6-2-1-3-7(13(16)17)10(6)19-9-5-4-8(18-9)11(14)15/h1-5H,(H,14,15). The number of hydrogen-bond donors (Lipinski definition) is 1. The lowest BCUT2D eigenvalue weighted by Gasteiger charge is -2.01. The molecule has 0 radical (unpaired) electrons. The normalized spacial score (nSPS) is 10.4. The Morgan fingerprint density at radius 3 is 2.68 bits per heavy atom. The van der Waals surface area contributed by atoms with E-state index in [-0.39, 0.29) is 15.7 Å². The molecule has 6 nitrogen and oxygen atoms in total. The van der Waals surface area contributed by atoms with Gasteiger partial charge in [-0.1, -0.05) is 6.07 Å². The molecule has 8 heteroatoms. The average Bonchev–Trinajstić information content (AvgIpc) is 2.80. The maximum absolute atomic E-state index is 13.6. The first-order valence-corrected chi connectivity index (χ1v) is 5.74. The zero-order valence-corrected chi connectivity index (χ0v) is 10.0. The lowest BCUT2D eigenvalue weighted by Crippen LogP contribution is -1.93. The summed E-state index contributed by atoms with van der Waals surface area (Å²) in [5.74, 6) is -2.36. The number of nitro groups is 1. The van der Waals surface area contributed by atoms with Gasteiger partial charge in [0, 0.05) is 6.07 Å². The predicted molar refractivity (Wildman–Crippen MR) is 62.8 cm³/mol. The number of carboxylic acid groups (broad SMARTS) is 1. The predicted octanol–water partition coefficient (Wildman–Crippen LogP) is 3.18. The van der Waals surface area contributed by atoms with E-state index in [1.54, 1.807) is 0 Å². The van der Waals surface area contributed by atoms with E-state index in [0.717, 1.165) is 12.1 Å². The van der Waals surface area contributed by atoms with E-state index in [9.17, 15) is 19.3 Å². The quantitative estimate of drug-likeness (QED) is 0.684. The Morgan fingerprint density at radius 1 is 1.37 bits per heavy atom. The third kappa shape index (κ3) is 2.74. The van der Waals surface area contributed by atoms with Crippen molar-refractivity contribution in [1.82, 2.24) is 0 Å². The van der Waals surface area contributed by atoms with Gasteiger partial charge >= 0.3 is 5.97 Å². The molecule has 0 saturated carbocycles. The highest BCUT2D eigenvalue weighted by molar-refractivity contribution is 7.99. The number of benzene rings is 1. The van der Waals surface area contributed by atoms with Gasteiger partial charge in [0.25, 0.3) is 5.69 Å². The minimum atomic E-state index is -1.27.